The quantitative estimate of drug-likeness (QED) is 0.386. The maximum Gasteiger partial charge on any atom is 0.334 e. The van der Waals surface area contributed by atoms with E-state index in [-0.39, 0.29) is 12.0 Å². The molecular weight excluding hydrogens is 166 g/mol. The van der Waals surface area contributed by atoms with Crippen molar-refractivity contribution >= 4 is 5.97 Å². The number of esters is 1. The van der Waals surface area contributed by atoms with Gasteiger partial charge in [-0.2, -0.15) is 0 Å². The predicted molar refractivity (Wildman–Crippen MR) is 52.1 cm³/mol. The van der Waals surface area contributed by atoms with Crippen molar-refractivity contribution in [2.45, 2.75) is 19.9 Å². The molecule has 1 unspecified atom stereocenters. The van der Waals surface area contributed by atoms with E-state index in [4.69, 9.17) is 11.2 Å². The molecule has 0 aliphatic carbocycles. The van der Waals surface area contributed by atoms with Crippen molar-refractivity contribution in [3.8, 4) is 12.3 Å². The second-order valence-corrected chi connectivity index (χ2v) is 2.59. The molecule has 1 N–H and O–H groups in total. The third-order valence-electron chi connectivity index (χ3n) is 1.44. The van der Waals surface area contributed by atoms with Gasteiger partial charge in [0, 0.05) is 12.1 Å². The average molecular weight is 181 g/mol. The molecule has 13 heavy (non-hydrogen) atoms. The Kier molecular flexibility index (Phi) is 5.66. The van der Waals surface area contributed by atoms with Crippen LogP contribution >= 0.6 is 0 Å². The fourth-order valence-electron chi connectivity index (χ4n) is 0.641. The first kappa shape index (κ1) is 11.7. The van der Waals surface area contributed by atoms with Crippen LogP contribution in [0.3, 0.4) is 0 Å². The Balaban J connectivity index is 3.76. The molecule has 0 saturated carbocycles. The topological polar surface area (TPSA) is 38.3 Å². The van der Waals surface area contributed by atoms with Crippen LogP contribution in [-0.2, 0) is 9.53 Å². The van der Waals surface area contributed by atoms with Crippen molar-refractivity contribution in [1.82, 2.24) is 5.32 Å². The third-order valence-corrected chi connectivity index (χ3v) is 1.44. The zero-order chi connectivity index (χ0) is 10.3. The van der Waals surface area contributed by atoms with Crippen molar-refractivity contribution in [2.24, 2.45) is 0 Å². The lowest BCUT2D eigenvalue weighted by Crippen LogP contribution is -2.28. The minimum absolute atomic E-state index is 0.0637. The normalized spacial score (nSPS) is 11.5. The van der Waals surface area contributed by atoms with Crippen LogP contribution in [0.2, 0.25) is 0 Å². The van der Waals surface area contributed by atoms with Crippen LogP contribution < -0.4 is 5.32 Å². The number of nitrogens with one attached hydrogen (secondary N) is 1. The van der Waals surface area contributed by atoms with Crippen molar-refractivity contribution in [3.63, 3.8) is 0 Å². The smallest absolute Gasteiger partial charge is 0.334 e. The van der Waals surface area contributed by atoms with E-state index < -0.39 is 0 Å². The Morgan fingerprint density at radius 3 is 2.85 bits per heavy atom. The molecule has 0 rings (SSSR count). The lowest BCUT2D eigenvalue weighted by Gasteiger charge is -2.08. The van der Waals surface area contributed by atoms with Gasteiger partial charge in [0.1, 0.15) is 0 Å². The highest BCUT2D eigenvalue weighted by Gasteiger charge is 2.07. The summed E-state index contributed by atoms with van der Waals surface area (Å²) in [4.78, 5) is 11.0. The molecule has 0 aromatic carbocycles. The third kappa shape index (κ3) is 5.05. The van der Waals surface area contributed by atoms with E-state index in [1.54, 1.807) is 6.92 Å². The Morgan fingerprint density at radius 1 is 1.77 bits per heavy atom. The molecule has 0 aliphatic heterocycles. The van der Waals surface area contributed by atoms with Crippen molar-refractivity contribution in [1.29, 1.82) is 0 Å². The number of hydrogen-bond donors (Lipinski definition) is 1. The summed E-state index contributed by atoms with van der Waals surface area (Å²) in [6, 6.07) is -0.0637. The second-order valence-electron chi connectivity index (χ2n) is 2.59. The number of hydrogen-bond acceptors (Lipinski definition) is 3. The van der Waals surface area contributed by atoms with E-state index >= 15 is 0 Å². The van der Waals surface area contributed by atoms with Gasteiger partial charge in [0.25, 0.3) is 0 Å². The highest BCUT2D eigenvalue weighted by molar-refractivity contribution is 5.88. The molecule has 0 amide bonds. The van der Waals surface area contributed by atoms with Gasteiger partial charge in [0.05, 0.1) is 12.6 Å². The summed E-state index contributed by atoms with van der Waals surface area (Å²) in [5, 5.41) is 2.93. The number of carbonyl (C=O) groups excluding carboxylic acids is 1. The summed E-state index contributed by atoms with van der Waals surface area (Å²) < 4.78 is 4.74. The summed E-state index contributed by atoms with van der Waals surface area (Å²) in [7, 11) is 0. The summed E-state index contributed by atoms with van der Waals surface area (Å²) in [6.07, 6.45) is 5.13. The van der Waals surface area contributed by atoms with Crippen LogP contribution in [0, 0.1) is 12.3 Å². The molecule has 0 aromatic heterocycles. The number of ether oxygens (including phenoxy) is 1. The minimum Gasteiger partial charge on any atom is -0.463 e. The van der Waals surface area contributed by atoms with Crippen LogP contribution in [0.25, 0.3) is 0 Å². The van der Waals surface area contributed by atoms with Crippen LogP contribution in [0.4, 0.5) is 0 Å². The van der Waals surface area contributed by atoms with Gasteiger partial charge < -0.3 is 4.74 Å². The highest BCUT2D eigenvalue weighted by Crippen LogP contribution is 1.93. The minimum atomic E-state index is -0.376. The monoisotopic (exact) mass is 181 g/mol. The van der Waals surface area contributed by atoms with Crippen LogP contribution in [0.1, 0.15) is 13.8 Å². The molecule has 72 valence electrons. The molecule has 0 radical (unpaired) electrons. The zero-order valence-electron chi connectivity index (χ0n) is 8.09. The Bertz CT molecular complexity index is 228. The second kappa shape index (κ2) is 6.27. The summed E-state index contributed by atoms with van der Waals surface area (Å²) in [5.41, 5.74) is 0.393. The number of carbonyl (C=O) groups is 1. The maximum atomic E-state index is 11.0. The molecule has 0 bridgehead atoms. The maximum absolute atomic E-state index is 11.0. The Hall–Kier alpha value is -1.27. The van der Waals surface area contributed by atoms with Crippen molar-refractivity contribution < 1.29 is 9.53 Å². The average Bonchev–Trinajstić information content (AvgIpc) is 2.13. The van der Waals surface area contributed by atoms with Gasteiger partial charge >= 0.3 is 5.97 Å². The fourth-order valence-corrected chi connectivity index (χ4v) is 0.641. The standard InChI is InChI=1S/C10H15NO2/c1-5-9(4)11-7-8(3)10(12)13-6-2/h1,9,11H,3,6-7H2,2,4H3. The van der Waals surface area contributed by atoms with Crippen LogP contribution in [0.5, 0.6) is 0 Å². The van der Waals surface area contributed by atoms with Gasteiger partial charge in [-0.1, -0.05) is 12.5 Å². The first-order valence-corrected chi connectivity index (χ1v) is 4.16. The van der Waals surface area contributed by atoms with E-state index in [0.717, 1.165) is 0 Å². The Morgan fingerprint density at radius 2 is 2.38 bits per heavy atom. The molecule has 3 nitrogen and oxygen atoms in total. The van der Waals surface area contributed by atoms with Gasteiger partial charge in [0.15, 0.2) is 0 Å². The zero-order valence-corrected chi connectivity index (χ0v) is 8.09. The van der Waals surface area contributed by atoms with E-state index in [1.807, 2.05) is 6.92 Å². The molecule has 0 spiro atoms. The molecule has 0 aromatic rings. The molecule has 1 atom stereocenters. The lowest BCUT2D eigenvalue weighted by molar-refractivity contribution is -0.138. The number of rotatable bonds is 5. The van der Waals surface area contributed by atoms with Crippen LogP contribution in [0.15, 0.2) is 12.2 Å². The summed E-state index contributed by atoms with van der Waals surface area (Å²) in [6.45, 7) is 7.89. The SMILES string of the molecule is C#CC(C)NCC(=C)C(=O)OCC. The summed E-state index contributed by atoms with van der Waals surface area (Å²) >= 11 is 0. The lowest BCUT2D eigenvalue weighted by atomic mass is 10.3. The molecule has 0 heterocycles. The molecule has 0 aliphatic rings. The molecule has 0 fully saturated rings. The first-order chi connectivity index (χ1) is 6.11. The van der Waals surface area contributed by atoms with Gasteiger partial charge in [-0.15, -0.1) is 6.42 Å². The van der Waals surface area contributed by atoms with E-state index in [2.05, 4.69) is 17.8 Å². The largest absolute Gasteiger partial charge is 0.463 e. The van der Waals surface area contributed by atoms with E-state index in [9.17, 15) is 4.79 Å². The van der Waals surface area contributed by atoms with Gasteiger partial charge in [0.2, 0.25) is 0 Å². The summed E-state index contributed by atoms with van der Waals surface area (Å²) in [5.74, 6) is 2.11. The van der Waals surface area contributed by atoms with Crippen LogP contribution in [-0.4, -0.2) is 25.2 Å². The highest BCUT2D eigenvalue weighted by atomic mass is 16.5. The number of terminal acetylenes is 1. The van der Waals surface area contributed by atoms with Gasteiger partial charge in [-0.25, -0.2) is 4.79 Å². The molecule has 3 heteroatoms. The molecular formula is C10H15NO2. The fraction of sp³-hybridized carbons (Fsp3) is 0.500. The first-order valence-electron chi connectivity index (χ1n) is 4.16. The van der Waals surface area contributed by atoms with Gasteiger partial charge in [-0.3, -0.25) is 5.32 Å². The molecule has 0 saturated heterocycles. The van der Waals surface area contributed by atoms with E-state index in [1.165, 1.54) is 0 Å². The van der Waals surface area contributed by atoms with Gasteiger partial charge in [-0.05, 0) is 13.8 Å². The Labute approximate surface area is 79.2 Å². The predicted octanol–water partition coefficient (Wildman–Crippen LogP) is 0.717. The van der Waals surface area contributed by atoms with Crippen molar-refractivity contribution in [2.75, 3.05) is 13.2 Å². The van der Waals surface area contributed by atoms with Crippen molar-refractivity contribution in [3.05, 3.63) is 12.2 Å². The van der Waals surface area contributed by atoms with E-state index in [0.29, 0.717) is 18.7 Å².